The molecule has 0 saturated heterocycles. The Morgan fingerprint density at radius 3 is 2.72 bits per heavy atom. The van der Waals surface area contributed by atoms with Crippen LogP contribution in [0.1, 0.15) is 5.56 Å². The quantitative estimate of drug-likeness (QED) is 0.809. The van der Waals surface area contributed by atoms with Crippen LogP contribution in [0.4, 0.5) is 4.79 Å². The Kier molecular flexibility index (Phi) is 3.54. The van der Waals surface area contributed by atoms with Crippen molar-refractivity contribution in [3.05, 3.63) is 48.0 Å². The van der Waals surface area contributed by atoms with Crippen LogP contribution in [0.5, 0.6) is 5.88 Å². The topological polar surface area (TPSA) is 85.4 Å². The summed E-state index contributed by atoms with van der Waals surface area (Å²) in [5.41, 5.74) is 8.10. The summed E-state index contributed by atoms with van der Waals surface area (Å²) in [6.07, 6.45) is -1.38. The zero-order valence-electron chi connectivity index (χ0n) is 9.54. The first-order chi connectivity index (χ1) is 8.70. The Hall–Kier alpha value is -2.40. The van der Waals surface area contributed by atoms with Gasteiger partial charge in [0, 0.05) is 18.2 Å². The first kappa shape index (κ1) is 12.1. The second-order valence-electron chi connectivity index (χ2n) is 3.59. The minimum Gasteiger partial charge on any atom is -0.449 e. The van der Waals surface area contributed by atoms with E-state index in [2.05, 4.69) is 9.72 Å². The van der Waals surface area contributed by atoms with Gasteiger partial charge in [-0.1, -0.05) is 30.3 Å². The monoisotopic (exact) mass is 244 g/mol. The highest BCUT2D eigenvalue weighted by atomic mass is 16.7. The normalized spacial score (nSPS) is 10.1. The molecule has 5 heteroatoms. The molecule has 5 nitrogen and oxygen atoms in total. The van der Waals surface area contributed by atoms with Crippen LogP contribution in [0, 0.1) is 0 Å². The maximum atomic E-state index is 10.5. The van der Waals surface area contributed by atoms with Gasteiger partial charge in [0.2, 0.25) is 5.88 Å². The van der Waals surface area contributed by atoms with Gasteiger partial charge in [-0.15, -0.1) is 0 Å². The number of ether oxygens (including phenoxy) is 1. The van der Waals surface area contributed by atoms with E-state index in [-0.39, 0.29) is 5.88 Å². The first-order valence-corrected chi connectivity index (χ1v) is 5.37. The SMILES string of the molecule is NCc1ccccc1-c1cccc(OC(=O)O)n1. The zero-order valence-corrected chi connectivity index (χ0v) is 9.54. The van der Waals surface area contributed by atoms with E-state index in [9.17, 15) is 4.79 Å². The van der Waals surface area contributed by atoms with Crippen molar-refractivity contribution >= 4 is 6.16 Å². The lowest BCUT2D eigenvalue weighted by Gasteiger charge is -2.07. The van der Waals surface area contributed by atoms with Crippen molar-refractivity contribution in [3.63, 3.8) is 0 Å². The van der Waals surface area contributed by atoms with E-state index in [1.807, 2.05) is 24.3 Å². The number of hydrogen-bond acceptors (Lipinski definition) is 4. The van der Waals surface area contributed by atoms with Crippen molar-refractivity contribution in [2.45, 2.75) is 6.54 Å². The smallest absolute Gasteiger partial charge is 0.449 e. The van der Waals surface area contributed by atoms with Crippen molar-refractivity contribution in [1.29, 1.82) is 0 Å². The predicted molar refractivity (Wildman–Crippen MR) is 66.2 cm³/mol. The highest BCUT2D eigenvalue weighted by Crippen LogP contribution is 2.23. The summed E-state index contributed by atoms with van der Waals surface area (Å²) >= 11 is 0. The van der Waals surface area contributed by atoms with Crippen molar-refractivity contribution in [2.24, 2.45) is 5.73 Å². The number of benzene rings is 1. The van der Waals surface area contributed by atoms with E-state index >= 15 is 0 Å². The number of nitrogens with zero attached hydrogens (tertiary/aromatic N) is 1. The molecule has 0 amide bonds. The maximum absolute atomic E-state index is 10.5. The fraction of sp³-hybridized carbons (Fsp3) is 0.0769. The first-order valence-electron chi connectivity index (χ1n) is 5.37. The Balaban J connectivity index is 2.41. The third kappa shape index (κ3) is 2.64. The fourth-order valence-corrected chi connectivity index (χ4v) is 1.66. The Labute approximate surface area is 104 Å². The molecule has 18 heavy (non-hydrogen) atoms. The summed E-state index contributed by atoms with van der Waals surface area (Å²) in [5.74, 6) is 0.0480. The lowest BCUT2D eigenvalue weighted by molar-refractivity contribution is 0.142. The van der Waals surface area contributed by atoms with Crippen LogP contribution >= 0.6 is 0 Å². The molecule has 0 unspecified atom stereocenters. The van der Waals surface area contributed by atoms with Crippen molar-refractivity contribution in [3.8, 4) is 17.1 Å². The molecule has 1 aromatic heterocycles. The molecular weight excluding hydrogens is 232 g/mol. The summed E-state index contributed by atoms with van der Waals surface area (Å²) in [7, 11) is 0. The number of nitrogens with two attached hydrogens (primary N) is 1. The Morgan fingerprint density at radius 1 is 1.22 bits per heavy atom. The maximum Gasteiger partial charge on any atom is 0.512 e. The van der Waals surface area contributed by atoms with E-state index in [0.29, 0.717) is 12.2 Å². The van der Waals surface area contributed by atoms with Crippen LogP contribution in [0.3, 0.4) is 0 Å². The van der Waals surface area contributed by atoms with E-state index < -0.39 is 6.16 Å². The van der Waals surface area contributed by atoms with Crippen LogP contribution in [0.15, 0.2) is 42.5 Å². The molecule has 0 aliphatic heterocycles. The van der Waals surface area contributed by atoms with Gasteiger partial charge in [-0.25, -0.2) is 9.78 Å². The van der Waals surface area contributed by atoms with Crippen molar-refractivity contribution in [1.82, 2.24) is 4.98 Å². The second-order valence-corrected chi connectivity index (χ2v) is 3.59. The number of rotatable bonds is 3. The second kappa shape index (κ2) is 5.29. The molecule has 0 bridgehead atoms. The van der Waals surface area contributed by atoms with E-state index in [1.165, 1.54) is 6.07 Å². The third-order valence-electron chi connectivity index (χ3n) is 2.43. The summed E-state index contributed by atoms with van der Waals surface area (Å²) in [5, 5.41) is 8.55. The predicted octanol–water partition coefficient (Wildman–Crippen LogP) is 2.26. The lowest BCUT2D eigenvalue weighted by atomic mass is 10.0. The minimum atomic E-state index is -1.38. The van der Waals surface area contributed by atoms with Gasteiger partial charge in [-0.2, -0.15) is 0 Å². The molecule has 92 valence electrons. The van der Waals surface area contributed by atoms with E-state index in [1.54, 1.807) is 12.1 Å². The van der Waals surface area contributed by atoms with Gasteiger partial charge in [0.05, 0.1) is 5.69 Å². The highest BCUT2D eigenvalue weighted by molar-refractivity contribution is 5.65. The summed E-state index contributed by atoms with van der Waals surface area (Å²) in [6.45, 7) is 0.391. The van der Waals surface area contributed by atoms with Gasteiger partial charge in [0.1, 0.15) is 0 Å². The van der Waals surface area contributed by atoms with E-state index in [4.69, 9.17) is 10.8 Å². The number of carboxylic acid groups (broad SMARTS) is 1. The summed E-state index contributed by atoms with van der Waals surface area (Å²) in [4.78, 5) is 14.6. The molecule has 0 aliphatic rings. The van der Waals surface area contributed by atoms with Crippen LogP contribution < -0.4 is 10.5 Å². The minimum absolute atomic E-state index is 0.0480. The molecule has 0 radical (unpaired) electrons. The van der Waals surface area contributed by atoms with Gasteiger partial charge >= 0.3 is 6.16 Å². The van der Waals surface area contributed by atoms with Crippen LogP contribution in [0.2, 0.25) is 0 Å². The molecule has 3 N–H and O–H groups in total. The Morgan fingerprint density at radius 2 is 2.00 bits per heavy atom. The van der Waals surface area contributed by atoms with Crippen LogP contribution in [-0.2, 0) is 6.54 Å². The van der Waals surface area contributed by atoms with E-state index in [0.717, 1.165) is 11.1 Å². The molecule has 1 heterocycles. The molecule has 0 fully saturated rings. The number of aromatic nitrogens is 1. The molecule has 1 aromatic carbocycles. The summed E-state index contributed by atoms with van der Waals surface area (Å²) < 4.78 is 4.52. The highest BCUT2D eigenvalue weighted by Gasteiger charge is 2.07. The largest absolute Gasteiger partial charge is 0.512 e. The molecular formula is C13H12N2O3. The third-order valence-corrected chi connectivity index (χ3v) is 2.43. The van der Waals surface area contributed by atoms with Crippen LogP contribution in [-0.4, -0.2) is 16.2 Å². The van der Waals surface area contributed by atoms with Crippen molar-refractivity contribution < 1.29 is 14.6 Å². The standard InChI is InChI=1S/C13H12N2O3/c14-8-9-4-1-2-5-10(9)11-6-3-7-12(15-11)18-13(16)17/h1-7H,8,14H2,(H,16,17). The molecule has 0 atom stereocenters. The van der Waals surface area contributed by atoms with Crippen LogP contribution in [0.25, 0.3) is 11.3 Å². The molecule has 0 spiro atoms. The molecule has 0 aliphatic carbocycles. The summed E-state index contributed by atoms with van der Waals surface area (Å²) in [6, 6.07) is 12.5. The van der Waals surface area contributed by atoms with Gasteiger partial charge in [0.15, 0.2) is 0 Å². The fourth-order valence-electron chi connectivity index (χ4n) is 1.66. The average Bonchev–Trinajstić information content (AvgIpc) is 2.38. The van der Waals surface area contributed by atoms with Gasteiger partial charge in [-0.3, -0.25) is 0 Å². The number of hydrogen-bond donors (Lipinski definition) is 2. The lowest BCUT2D eigenvalue weighted by Crippen LogP contribution is -2.05. The molecule has 2 rings (SSSR count). The van der Waals surface area contributed by atoms with Gasteiger partial charge < -0.3 is 15.6 Å². The average molecular weight is 244 g/mol. The molecule has 0 saturated carbocycles. The zero-order chi connectivity index (χ0) is 13.0. The van der Waals surface area contributed by atoms with Gasteiger partial charge in [0.25, 0.3) is 0 Å². The van der Waals surface area contributed by atoms with Gasteiger partial charge in [-0.05, 0) is 11.6 Å². The number of pyridine rings is 1. The number of carbonyl (C=O) groups is 1. The van der Waals surface area contributed by atoms with Crippen molar-refractivity contribution in [2.75, 3.05) is 0 Å². The Bertz CT molecular complexity index is 570. The molecule has 2 aromatic rings.